The smallest absolute Gasteiger partial charge is 1.00 e. The molecule has 0 fully saturated rings. The first kappa shape index (κ1) is 21.2. The Morgan fingerprint density at radius 2 is 1.92 bits per heavy atom. The topological polar surface area (TPSA) is 75.6 Å². The minimum atomic E-state index is -1.04. The molecule has 25 heavy (non-hydrogen) atoms. The van der Waals surface area contributed by atoms with Crippen LogP contribution in [0.25, 0.3) is 0 Å². The number of carboxylic acid groups (broad SMARTS) is 1. The molecular formula is C19H22NNaO4. The van der Waals surface area contributed by atoms with E-state index in [-0.39, 0.29) is 49.1 Å². The third-order valence-corrected chi connectivity index (χ3v) is 3.63. The number of hydrogen-bond acceptors (Lipinski definition) is 3. The number of rotatable bonds is 6. The molecule has 2 aromatic rings. The van der Waals surface area contributed by atoms with Crippen molar-refractivity contribution in [2.75, 3.05) is 11.9 Å². The van der Waals surface area contributed by atoms with Crippen LogP contribution in [-0.4, -0.2) is 23.6 Å². The molecule has 0 unspecified atom stereocenters. The number of aryl methyl sites for hydroxylation is 1. The maximum Gasteiger partial charge on any atom is 1.00 e. The van der Waals surface area contributed by atoms with Gasteiger partial charge in [-0.05, 0) is 54.3 Å². The average molecular weight is 351 g/mol. The van der Waals surface area contributed by atoms with Gasteiger partial charge in [0.1, 0.15) is 5.75 Å². The van der Waals surface area contributed by atoms with Crippen molar-refractivity contribution in [1.82, 2.24) is 0 Å². The molecule has 2 aromatic carbocycles. The third kappa shape index (κ3) is 6.20. The number of carbonyl (C=O) groups is 2. The standard InChI is InChI=1S/C19H21NO4.Na.H/c1-12(2)17-8-7-16(9-13(17)3)24-11-18(21)20-15-6-4-5-14(10-15)19(22)23;;/h4-10,12H,11H2,1-3H3,(H,20,21)(H,22,23);;/q;+1;-1. The molecule has 0 atom stereocenters. The Hall–Kier alpha value is -1.82. The molecule has 2 N–H and O–H groups in total. The zero-order valence-corrected chi connectivity index (χ0v) is 17.0. The maximum atomic E-state index is 11.9. The van der Waals surface area contributed by atoms with Crippen molar-refractivity contribution in [3.05, 3.63) is 59.2 Å². The van der Waals surface area contributed by atoms with Gasteiger partial charge in [0.05, 0.1) is 5.56 Å². The summed E-state index contributed by atoms with van der Waals surface area (Å²) in [6, 6.07) is 11.8. The zero-order valence-electron chi connectivity index (χ0n) is 16.0. The van der Waals surface area contributed by atoms with Crippen LogP contribution in [0.3, 0.4) is 0 Å². The van der Waals surface area contributed by atoms with Gasteiger partial charge in [0.15, 0.2) is 6.61 Å². The Labute approximate surface area is 171 Å². The van der Waals surface area contributed by atoms with Gasteiger partial charge in [-0.1, -0.05) is 26.0 Å². The molecule has 0 radical (unpaired) electrons. The van der Waals surface area contributed by atoms with Gasteiger partial charge >= 0.3 is 35.5 Å². The van der Waals surface area contributed by atoms with E-state index in [1.165, 1.54) is 17.7 Å². The third-order valence-electron chi connectivity index (χ3n) is 3.63. The van der Waals surface area contributed by atoms with Gasteiger partial charge < -0.3 is 16.6 Å². The number of amides is 1. The van der Waals surface area contributed by atoms with Crippen LogP contribution < -0.4 is 39.6 Å². The van der Waals surface area contributed by atoms with Gasteiger partial charge in [0.25, 0.3) is 5.91 Å². The average Bonchev–Trinajstić information content (AvgIpc) is 2.53. The minimum absolute atomic E-state index is 0. The van der Waals surface area contributed by atoms with E-state index in [4.69, 9.17) is 9.84 Å². The second kappa shape index (κ2) is 9.61. The molecule has 0 saturated carbocycles. The van der Waals surface area contributed by atoms with Gasteiger partial charge in [-0.15, -0.1) is 0 Å². The van der Waals surface area contributed by atoms with E-state index in [1.54, 1.807) is 12.1 Å². The fourth-order valence-corrected chi connectivity index (χ4v) is 2.46. The molecule has 6 heteroatoms. The van der Waals surface area contributed by atoms with Crippen molar-refractivity contribution in [1.29, 1.82) is 0 Å². The monoisotopic (exact) mass is 351 g/mol. The number of carbonyl (C=O) groups excluding carboxylic acids is 1. The Kier molecular flexibility index (Phi) is 8.16. The van der Waals surface area contributed by atoms with Gasteiger partial charge in [-0.2, -0.15) is 0 Å². The predicted octanol–water partition coefficient (Wildman–Crippen LogP) is 0.951. The summed E-state index contributed by atoms with van der Waals surface area (Å²) < 4.78 is 5.50. The molecule has 5 nitrogen and oxygen atoms in total. The van der Waals surface area contributed by atoms with Crippen LogP contribution in [0, 0.1) is 6.92 Å². The molecule has 0 aromatic heterocycles. The van der Waals surface area contributed by atoms with Gasteiger partial charge in [-0.3, -0.25) is 4.79 Å². The molecule has 1 amide bonds. The second-order valence-corrected chi connectivity index (χ2v) is 5.90. The van der Waals surface area contributed by atoms with Crippen LogP contribution in [-0.2, 0) is 4.79 Å². The molecule has 0 aliphatic carbocycles. The summed E-state index contributed by atoms with van der Waals surface area (Å²) in [4.78, 5) is 22.9. The van der Waals surface area contributed by atoms with E-state index in [0.29, 0.717) is 17.4 Å². The minimum Gasteiger partial charge on any atom is -1.00 e. The summed E-state index contributed by atoms with van der Waals surface area (Å²) in [6.07, 6.45) is 0. The van der Waals surface area contributed by atoms with Crippen molar-refractivity contribution >= 4 is 17.6 Å². The summed E-state index contributed by atoms with van der Waals surface area (Å²) in [5.41, 5.74) is 2.91. The summed E-state index contributed by atoms with van der Waals surface area (Å²) >= 11 is 0. The molecule has 0 heterocycles. The summed E-state index contributed by atoms with van der Waals surface area (Å²) in [5, 5.41) is 11.6. The number of benzene rings is 2. The molecule has 0 saturated heterocycles. The van der Waals surface area contributed by atoms with E-state index in [9.17, 15) is 9.59 Å². The molecule has 0 aliphatic heterocycles. The molecule has 0 bridgehead atoms. The van der Waals surface area contributed by atoms with E-state index < -0.39 is 5.97 Å². The summed E-state index contributed by atoms with van der Waals surface area (Å²) in [7, 11) is 0. The molecule has 0 spiro atoms. The number of ether oxygens (including phenoxy) is 1. The Balaban J connectivity index is 0.00000312. The number of carboxylic acids is 1. The van der Waals surface area contributed by atoms with Crippen LogP contribution in [0.2, 0.25) is 0 Å². The van der Waals surface area contributed by atoms with Gasteiger partial charge in [0.2, 0.25) is 0 Å². The second-order valence-electron chi connectivity index (χ2n) is 5.90. The largest absolute Gasteiger partial charge is 1.00 e. The fraction of sp³-hybridized carbons (Fsp3) is 0.263. The quantitative estimate of drug-likeness (QED) is 0.760. The fourth-order valence-electron chi connectivity index (χ4n) is 2.46. The zero-order chi connectivity index (χ0) is 17.7. The van der Waals surface area contributed by atoms with Crippen molar-refractivity contribution in [2.24, 2.45) is 0 Å². The molecule has 2 rings (SSSR count). The normalized spacial score (nSPS) is 10.1. The molecule has 0 aliphatic rings. The van der Waals surface area contributed by atoms with Crippen molar-refractivity contribution in [2.45, 2.75) is 26.7 Å². The Morgan fingerprint density at radius 3 is 2.52 bits per heavy atom. The first-order valence-corrected chi connectivity index (χ1v) is 7.73. The SMILES string of the molecule is Cc1cc(OCC(=O)Nc2cccc(C(=O)O)c2)ccc1C(C)C.[H-].[Na+]. The first-order chi connectivity index (χ1) is 11.4. The van der Waals surface area contributed by atoms with Crippen LogP contribution >= 0.6 is 0 Å². The first-order valence-electron chi connectivity index (χ1n) is 7.73. The summed E-state index contributed by atoms with van der Waals surface area (Å²) in [5.74, 6) is -0.318. The van der Waals surface area contributed by atoms with E-state index in [0.717, 1.165) is 5.56 Å². The van der Waals surface area contributed by atoms with Crippen LogP contribution in [0.1, 0.15) is 42.7 Å². The van der Waals surface area contributed by atoms with Crippen LogP contribution in [0.4, 0.5) is 5.69 Å². The van der Waals surface area contributed by atoms with E-state index >= 15 is 0 Å². The number of aromatic carboxylic acids is 1. The van der Waals surface area contributed by atoms with Crippen LogP contribution in [0.5, 0.6) is 5.75 Å². The van der Waals surface area contributed by atoms with Crippen LogP contribution in [0.15, 0.2) is 42.5 Å². The van der Waals surface area contributed by atoms with Crippen molar-refractivity contribution in [3.8, 4) is 5.75 Å². The van der Waals surface area contributed by atoms with Crippen molar-refractivity contribution in [3.63, 3.8) is 0 Å². The van der Waals surface area contributed by atoms with Gasteiger partial charge in [-0.25, -0.2) is 4.79 Å². The Morgan fingerprint density at radius 1 is 1.20 bits per heavy atom. The number of anilines is 1. The van der Waals surface area contributed by atoms with E-state index in [1.807, 2.05) is 25.1 Å². The van der Waals surface area contributed by atoms with Gasteiger partial charge in [0, 0.05) is 5.69 Å². The number of hydrogen-bond donors (Lipinski definition) is 2. The Bertz CT molecular complexity index is 765. The molecular weight excluding hydrogens is 329 g/mol. The van der Waals surface area contributed by atoms with Crippen molar-refractivity contribution < 1.29 is 50.4 Å². The summed E-state index contributed by atoms with van der Waals surface area (Å²) in [6.45, 7) is 6.13. The predicted molar refractivity (Wildman–Crippen MR) is 93.9 cm³/mol. The molecule has 128 valence electrons. The maximum absolute atomic E-state index is 11.9. The number of nitrogens with one attached hydrogen (secondary N) is 1. The van der Waals surface area contributed by atoms with E-state index in [2.05, 4.69) is 19.2 Å².